The van der Waals surface area contributed by atoms with Crippen LogP contribution >= 0.6 is 14.3 Å². The smallest absolute Gasteiger partial charge is 0.172 e. The molecule has 0 radical (unpaired) electrons. The third kappa shape index (κ3) is 8.89. The molecular formula is C90H58N4O2P2. The molecule has 6 nitrogen and oxygen atoms in total. The minimum atomic E-state index is -3.14. The van der Waals surface area contributed by atoms with Gasteiger partial charge in [0.15, 0.2) is 14.3 Å². The molecule has 0 N–H and O–H groups in total. The first-order chi connectivity index (χ1) is 48.4. The third-order valence-electron chi connectivity index (χ3n) is 20.1. The monoisotopic (exact) mass is 1290 g/mol. The van der Waals surface area contributed by atoms with Crippen molar-refractivity contribution < 1.29 is 9.13 Å². The first-order valence-corrected chi connectivity index (χ1v) is 36.6. The lowest BCUT2D eigenvalue weighted by Gasteiger charge is -2.17. The van der Waals surface area contributed by atoms with Gasteiger partial charge in [0, 0.05) is 93.5 Å². The van der Waals surface area contributed by atoms with Crippen molar-refractivity contribution in [1.82, 2.24) is 19.1 Å². The Labute approximate surface area is 566 Å². The molecule has 0 bridgehead atoms. The molecule has 4 aromatic heterocycles. The lowest BCUT2D eigenvalue weighted by atomic mass is 9.98. The van der Waals surface area contributed by atoms with Crippen LogP contribution in [0.5, 0.6) is 0 Å². The number of hydrogen-bond donors (Lipinski definition) is 0. The van der Waals surface area contributed by atoms with E-state index in [4.69, 9.17) is 0 Å². The lowest BCUT2D eigenvalue weighted by molar-refractivity contribution is 0.592. The topological polar surface area (TPSA) is 69.8 Å². The van der Waals surface area contributed by atoms with E-state index in [1.807, 2.05) is 109 Å². The van der Waals surface area contributed by atoms with Gasteiger partial charge in [-0.15, -0.1) is 0 Å². The first-order valence-electron chi connectivity index (χ1n) is 33.1. The van der Waals surface area contributed by atoms with Gasteiger partial charge in [-0.25, -0.2) is 0 Å². The normalized spacial score (nSPS) is 15.1. The molecule has 20 rings (SSSR count). The quantitative estimate of drug-likeness (QED) is 0.142. The van der Waals surface area contributed by atoms with Crippen LogP contribution in [0.1, 0.15) is 0 Å². The molecule has 2 aliphatic rings. The number of aromatic nitrogens is 4. The van der Waals surface area contributed by atoms with Gasteiger partial charge in [-0.3, -0.25) is 9.97 Å². The van der Waals surface area contributed by atoms with Gasteiger partial charge >= 0.3 is 0 Å². The summed E-state index contributed by atoms with van der Waals surface area (Å²) in [5.74, 6) is 0. The van der Waals surface area contributed by atoms with Crippen molar-refractivity contribution >= 4 is 112 Å². The van der Waals surface area contributed by atoms with Gasteiger partial charge in [0.2, 0.25) is 0 Å². The van der Waals surface area contributed by atoms with Gasteiger partial charge in [0.1, 0.15) is 0 Å². The fourth-order valence-corrected chi connectivity index (χ4v) is 22.2. The summed E-state index contributed by atoms with van der Waals surface area (Å²) in [6, 6.07) is 118. The van der Waals surface area contributed by atoms with Crippen molar-refractivity contribution in [2.24, 2.45) is 0 Å². The molecule has 18 aromatic rings. The molecule has 2 aliphatic heterocycles. The average Bonchev–Trinajstić information content (AvgIpc) is 1.53. The predicted molar refractivity (Wildman–Crippen MR) is 411 cm³/mol. The largest absolute Gasteiger partial charge is 0.309 e. The fraction of sp³-hybridized carbons (Fsp3) is 0. The highest BCUT2D eigenvalue weighted by Crippen LogP contribution is 2.57. The van der Waals surface area contributed by atoms with Gasteiger partial charge in [-0.1, -0.05) is 273 Å². The summed E-state index contributed by atoms with van der Waals surface area (Å²) in [6.07, 6.45) is 3.69. The van der Waals surface area contributed by atoms with Gasteiger partial charge in [-0.2, -0.15) is 0 Å². The zero-order valence-corrected chi connectivity index (χ0v) is 54.8. The number of para-hydroxylation sites is 3. The summed E-state index contributed by atoms with van der Waals surface area (Å²) in [4.78, 5) is 9.18. The van der Waals surface area contributed by atoms with E-state index in [0.717, 1.165) is 170 Å². The van der Waals surface area contributed by atoms with Crippen LogP contribution < -0.4 is 31.8 Å². The Morgan fingerprint density at radius 1 is 0.265 bits per heavy atom. The number of hydrogen-bond acceptors (Lipinski definition) is 4. The molecule has 2 unspecified atom stereocenters. The Kier molecular flexibility index (Phi) is 13.4. The van der Waals surface area contributed by atoms with E-state index < -0.39 is 14.3 Å². The van der Waals surface area contributed by atoms with Crippen LogP contribution in [0.2, 0.25) is 0 Å². The van der Waals surface area contributed by atoms with Gasteiger partial charge in [-0.05, 0) is 128 Å². The molecule has 0 saturated heterocycles. The summed E-state index contributed by atoms with van der Waals surface area (Å²) in [7, 11) is -6.27. The molecule has 6 heterocycles. The molecule has 0 aliphatic carbocycles. The number of benzene rings is 14. The molecule has 460 valence electrons. The van der Waals surface area contributed by atoms with Crippen molar-refractivity contribution in [3.8, 4) is 78.1 Å². The second kappa shape index (κ2) is 22.8. The second-order valence-electron chi connectivity index (χ2n) is 25.4. The van der Waals surface area contributed by atoms with Crippen LogP contribution in [-0.4, -0.2) is 19.1 Å². The number of nitrogens with zero attached hydrogens (tertiary/aromatic N) is 4. The molecule has 14 aromatic carbocycles. The van der Waals surface area contributed by atoms with Crippen LogP contribution in [-0.2, 0) is 9.13 Å². The zero-order chi connectivity index (χ0) is 65.1. The Hall–Kier alpha value is -12.0. The summed E-state index contributed by atoms with van der Waals surface area (Å²) in [5, 5.41) is 12.1. The van der Waals surface area contributed by atoms with E-state index in [0.29, 0.717) is 0 Å². The van der Waals surface area contributed by atoms with E-state index in [2.05, 4.69) is 262 Å². The Morgan fingerprint density at radius 3 is 1.18 bits per heavy atom. The fourth-order valence-electron chi connectivity index (χ4n) is 15.6. The van der Waals surface area contributed by atoms with E-state index in [1.54, 1.807) is 0 Å². The van der Waals surface area contributed by atoms with Crippen LogP contribution in [0.4, 0.5) is 0 Å². The first kappa shape index (κ1) is 57.4. The van der Waals surface area contributed by atoms with Crippen LogP contribution in [0.3, 0.4) is 0 Å². The van der Waals surface area contributed by atoms with E-state index in [1.165, 1.54) is 5.56 Å². The maximum atomic E-state index is 15.6. The second-order valence-corrected chi connectivity index (χ2v) is 30.7. The highest BCUT2D eigenvalue weighted by Gasteiger charge is 2.44. The summed E-state index contributed by atoms with van der Waals surface area (Å²) in [5.41, 5.74) is 22.0. The van der Waals surface area contributed by atoms with Crippen molar-refractivity contribution in [1.29, 1.82) is 0 Å². The maximum Gasteiger partial charge on any atom is 0.172 e. The molecule has 2 atom stereocenters. The van der Waals surface area contributed by atoms with E-state index in [-0.39, 0.29) is 0 Å². The van der Waals surface area contributed by atoms with Crippen molar-refractivity contribution in [3.05, 3.63) is 352 Å². The standard InChI is InChI=1S/2C45H29N2OP/c48-49(35-12-2-1-3-13-35)42-18-7-5-14-37(42)38-27-28-41-43(45(38)49)39-15-4-6-17-40(39)47(41)34-25-23-31(24-26-34)30-19-21-32(22-20-30)36-16-8-10-33-11-9-29-46-44(33)36;48-49(36-10-2-1-3-11-36)43-15-7-5-12-37(43)38-26-27-42-44(45(38)49)39-13-4-6-14-41(39)47(42)35-24-22-31(23-25-35)30-16-18-32(19-17-30)34-21-20-33-9-8-28-46-40(33)29-34/h2*1-29H. The molecule has 8 heteroatoms. The molecule has 0 saturated carbocycles. The minimum Gasteiger partial charge on any atom is -0.309 e. The predicted octanol–water partition coefficient (Wildman–Crippen LogP) is 20.6. The zero-order valence-electron chi connectivity index (χ0n) is 53.0. The van der Waals surface area contributed by atoms with E-state index in [9.17, 15) is 0 Å². The molecular weight excluding hydrogens is 1230 g/mol. The Bertz CT molecular complexity index is 6330. The number of rotatable bonds is 8. The van der Waals surface area contributed by atoms with Crippen LogP contribution in [0.15, 0.2) is 352 Å². The lowest BCUT2D eigenvalue weighted by Crippen LogP contribution is -2.21. The van der Waals surface area contributed by atoms with Crippen molar-refractivity contribution in [3.63, 3.8) is 0 Å². The van der Waals surface area contributed by atoms with Crippen LogP contribution in [0.25, 0.3) is 144 Å². The highest BCUT2D eigenvalue weighted by atomic mass is 31.2. The van der Waals surface area contributed by atoms with Gasteiger partial charge < -0.3 is 18.3 Å². The maximum absolute atomic E-state index is 15.6. The van der Waals surface area contributed by atoms with Gasteiger partial charge in [0.25, 0.3) is 0 Å². The third-order valence-corrected chi connectivity index (χ3v) is 26.5. The summed E-state index contributed by atoms with van der Waals surface area (Å²) < 4.78 is 35.9. The van der Waals surface area contributed by atoms with Crippen LogP contribution in [0, 0.1) is 0 Å². The minimum absolute atomic E-state index is 0.873. The SMILES string of the molecule is O=P1(c2ccccc2)c2ccccc2-c2ccc3c(c21)c1ccccc1n3-c1ccc(-c2ccc(-c3ccc4cccnc4c3)cc2)cc1.O=P1(c2ccccc2)c2ccccc2-c2ccc3c(c21)c1ccccc1n3-c1ccc(-c2ccc(-c3cccc4cccnc34)cc2)cc1. The van der Waals surface area contributed by atoms with E-state index >= 15 is 9.13 Å². The van der Waals surface area contributed by atoms with Crippen molar-refractivity contribution in [2.45, 2.75) is 0 Å². The Morgan fingerprint density at radius 2 is 0.663 bits per heavy atom. The highest BCUT2D eigenvalue weighted by molar-refractivity contribution is 7.87. The number of fused-ring (bicyclic) bond motifs is 16. The molecule has 0 spiro atoms. The molecule has 0 fully saturated rings. The number of pyridine rings is 2. The summed E-state index contributed by atoms with van der Waals surface area (Å²) in [6.45, 7) is 0. The van der Waals surface area contributed by atoms with Gasteiger partial charge in [0.05, 0.1) is 33.1 Å². The summed E-state index contributed by atoms with van der Waals surface area (Å²) >= 11 is 0. The molecule has 0 amide bonds. The average molecular weight is 1290 g/mol. The van der Waals surface area contributed by atoms with Crippen molar-refractivity contribution in [2.75, 3.05) is 0 Å². The molecule has 98 heavy (non-hydrogen) atoms. The Balaban J connectivity index is 0.000000137.